The van der Waals surface area contributed by atoms with Gasteiger partial charge in [0.2, 0.25) is 0 Å². The van der Waals surface area contributed by atoms with Crippen LogP contribution in [-0.4, -0.2) is 37.0 Å². The van der Waals surface area contributed by atoms with E-state index in [1.54, 1.807) is 0 Å². The summed E-state index contributed by atoms with van der Waals surface area (Å²) < 4.78 is 0. The molecule has 2 saturated heterocycles. The second-order valence-electron chi connectivity index (χ2n) is 11.6. The number of piperidine rings is 2. The summed E-state index contributed by atoms with van der Waals surface area (Å²) in [6.07, 6.45) is 9.07. The average molecular weight is 500 g/mol. The summed E-state index contributed by atoms with van der Waals surface area (Å²) in [4.78, 5) is 21.4. The molecule has 5 aromatic rings. The maximum Gasteiger partial charge on any atom is 0.124 e. The van der Waals surface area contributed by atoms with E-state index in [1.807, 2.05) is 12.4 Å². The average Bonchev–Trinajstić information content (AvgIpc) is 3.52. The minimum Gasteiger partial charge on any atom is -0.347 e. The van der Waals surface area contributed by atoms with Crippen molar-refractivity contribution in [3.05, 3.63) is 78.6 Å². The summed E-state index contributed by atoms with van der Waals surface area (Å²) in [5.41, 5.74) is 7.31. The molecule has 9 rings (SSSR count). The number of aromatic nitrogens is 5. The monoisotopic (exact) mass is 499 g/mol. The maximum atomic E-state index is 4.92. The summed E-state index contributed by atoms with van der Waals surface area (Å²) in [7, 11) is 0. The van der Waals surface area contributed by atoms with E-state index in [1.165, 1.54) is 36.8 Å². The SMILES string of the molecule is c1cc(-c2c[nH]c([C@@H]3C[C@@H]4C[C@H]4N3)n2)ccc1-c1ccc2nc(-c3c[nH]c([C@@H]4C[C@@H]5C[C@H]5N4)n3)ccc2c1. The van der Waals surface area contributed by atoms with Crippen LogP contribution in [0, 0.1) is 11.8 Å². The minimum absolute atomic E-state index is 0.353. The van der Waals surface area contributed by atoms with Crippen LogP contribution in [0.15, 0.2) is 67.0 Å². The van der Waals surface area contributed by atoms with Gasteiger partial charge >= 0.3 is 0 Å². The second-order valence-corrected chi connectivity index (χ2v) is 11.6. The molecule has 0 bridgehead atoms. The number of benzene rings is 2. The largest absolute Gasteiger partial charge is 0.347 e. The molecule has 4 aliphatic rings. The van der Waals surface area contributed by atoms with Crippen LogP contribution >= 0.6 is 0 Å². The highest BCUT2D eigenvalue weighted by Gasteiger charge is 2.47. The number of hydrogen-bond acceptors (Lipinski definition) is 5. The Kier molecular flexibility index (Phi) is 4.37. The molecule has 0 spiro atoms. The molecule has 0 unspecified atom stereocenters. The maximum absolute atomic E-state index is 4.92. The van der Waals surface area contributed by atoms with Crippen molar-refractivity contribution in [2.45, 2.75) is 49.9 Å². The van der Waals surface area contributed by atoms with Crippen LogP contribution in [0.1, 0.15) is 49.4 Å². The van der Waals surface area contributed by atoms with Gasteiger partial charge in [0, 0.05) is 35.4 Å². The Hall–Kier alpha value is -3.81. The molecule has 5 heterocycles. The quantitative estimate of drug-likeness (QED) is 0.255. The molecule has 2 aliphatic heterocycles. The number of aromatic amines is 2. The van der Waals surface area contributed by atoms with E-state index < -0.39 is 0 Å². The summed E-state index contributed by atoms with van der Waals surface area (Å²) in [5.74, 6) is 3.81. The van der Waals surface area contributed by atoms with E-state index in [0.29, 0.717) is 18.1 Å². The van der Waals surface area contributed by atoms with E-state index in [2.05, 4.69) is 75.2 Å². The minimum atomic E-state index is 0.353. The molecule has 2 aromatic carbocycles. The number of imidazole rings is 2. The molecule has 3 aromatic heterocycles. The lowest BCUT2D eigenvalue weighted by molar-refractivity contribution is 0.543. The summed E-state index contributed by atoms with van der Waals surface area (Å²) >= 11 is 0. The zero-order valence-electron chi connectivity index (χ0n) is 21.0. The van der Waals surface area contributed by atoms with Gasteiger partial charge in [0.15, 0.2) is 0 Å². The highest BCUT2D eigenvalue weighted by molar-refractivity contribution is 5.86. The standard InChI is InChI=1S/C31H29N7/c1-3-17(28-14-32-30(37-28)26-12-20-10-24(20)35-26)4-2-16(1)18-5-7-22-19(9-18)6-8-23(34-22)29-15-33-31(38-29)27-13-21-11-25(21)36-27/h1-9,14-15,20-21,24-27,35-36H,10-13H2,(H,32,37)(H,33,38)/t20-,21-,24+,25+,26-,27-/m0/s1. The Balaban J connectivity index is 0.938. The van der Waals surface area contributed by atoms with Gasteiger partial charge in [-0.2, -0.15) is 0 Å². The molecule has 2 saturated carbocycles. The van der Waals surface area contributed by atoms with Crippen LogP contribution in [0.2, 0.25) is 0 Å². The zero-order valence-corrected chi connectivity index (χ0v) is 21.0. The molecule has 4 N–H and O–H groups in total. The molecular weight excluding hydrogens is 470 g/mol. The van der Waals surface area contributed by atoms with Crippen molar-refractivity contribution in [3.63, 3.8) is 0 Å². The number of rotatable bonds is 5. The third-order valence-corrected chi connectivity index (χ3v) is 9.07. The predicted octanol–water partition coefficient (Wildman–Crippen LogP) is 5.53. The zero-order chi connectivity index (χ0) is 24.8. The fourth-order valence-electron chi connectivity index (χ4n) is 6.65. The van der Waals surface area contributed by atoms with Crippen LogP contribution in [-0.2, 0) is 0 Å². The molecule has 7 heteroatoms. The molecule has 6 atom stereocenters. The third-order valence-electron chi connectivity index (χ3n) is 9.07. The molecule has 0 radical (unpaired) electrons. The Morgan fingerprint density at radius 2 is 1.18 bits per heavy atom. The van der Waals surface area contributed by atoms with Gasteiger partial charge < -0.3 is 20.6 Å². The molecule has 2 aliphatic carbocycles. The van der Waals surface area contributed by atoms with Crippen LogP contribution in [0.25, 0.3) is 44.7 Å². The third kappa shape index (κ3) is 3.53. The first kappa shape index (κ1) is 21.2. The highest BCUT2D eigenvalue weighted by atomic mass is 15.1. The van der Waals surface area contributed by atoms with Crippen LogP contribution < -0.4 is 10.6 Å². The Labute approximate surface area is 220 Å². The Morgan fingerprint density at radius 1 is 0.553 bits per heavy atom. The lowest BCUT2D eigenvalue weighted by Gasteiger charge is -2.09. The first-order valence-electron chi connectivity index (χ1n) is 13.9. The molecule has 38 heavy (non-hydrogen) atoms. The van der Waals surface area contributed by atoms with E-state index in [-0.39, 0.29) is 0 Å². The number of fused-ring (bicyclic) bond motifs is 3. The van der Waals surface area contributed by atoms with E-state index in [9.17, 15) is 0 Å². The summed E-state index contributed by atoms with van der Waals surface area (Å²) in [6.45, 7) is 0. The van der Waals surface area contributed by atoms with Crippen molar-refractivity contribution in [2.24, 2.45) is 11.8 Å². The van der Waals surface area contributed by atoms with E-state index >= 15 is 0 Å². The Morgan fingerprint density at radius 3 is 1.87 bits per heavy atom. The first-order valence-corrected chi connectivity index (χ1v) is 13.9. The van der Waals surface area contributed by atoms with Gasteiger partial charge in [0.1, 0.15) is 17.3 Å². The number of hydrogen-bond donors (Lipinski definition) is 4. The fraction of sp³-hybridized carbons (Fsp3) is 0.323. The van der Waals surface area contributed by atoms with Gasteiger partial charge in [0.25, 0.3) is 0 Å². The highest BCUT2D eigenvalue weighted by Crippen LogP contribution is 2.46. The van der Waals surface area contributed by atoms with Crippen molar-refractivity contribution < 1.29 is 0 Å². The predicted molar refractivity (Wildman–Crippen MR) is 147 cm³/mol. The molecule has 0 amide bonds. The van der Waals surface area contributed by atoms with Crippen molar-refractivity contribution in [2.75, 3.05) is 0 Å². The van der Waals surface area contributed by atoms with E-state index in [4.69, 9.17) is 15.0 Å². The topological polar surface area (TPSA) is 94.3 Å². The van der Waals surface area contributed by atoms with Crippen molar-refractivity contribution in [1.82, 2.24) is 35.6 Å². The summed E-state index contributed by atoms with van der Waals surface area (Å²) in [5, 5.41) is 8.47. The lowest BCUT2D eigenvalue weighted by atomic mass is 10.0. The molecular formula is C31H29N7. The summed E-state index contributed by atoms with van der Waals surface area (Å²) in [6, 6.07) is 21.6. The van der Waals surface area contributed by atoms with Crippen molar-refractivity contribution in [3.8, 4) is 33.8 Å². The Bertz CT molecular complexity index is 1660. The number of pyridine rings is 1. The van der Waals surface area contributed by atoms with Gasteiger partial charge in [-0.1, -0.05) is 36.4 Å². The number of H-pyrrole nitrogens is 2. The molecule has 188 valence electrons. The molecule has 7 nitrogen and oxygen atoms in total. The smallest absolute Gasteiger partial charge is 0.124 e. The fourth-order valence-corrected chi connectivity index (χ4v) is 6.65. The van der Waals surface area contributed by atoms with Crippen LogP contribution in [0.5, 0.6) is 0 Å². The van der Waals surface area contributed by atoms with E-state index in [0.717, 1.165) is 63.1 Å². The van der Waals surface area contributed by atoms with Gasteiger partial charge in [-0.05, 0) is 66.8 Å². The lowest BCUT2D eigenvalue weighted by Crippen LogP contribution is -2.18. The number of nitrogens with zero attached hydrogens (tertiary/aromatic N) is 3. The van der Waals surface area contributed by atoms with Gasteiger partial charge in [0.05, 0.1) is 29.0 Å². The van der Waals surface area contributed by atoms with Crippen molar-refractivity contribution >= 4 is 10.9 Å². The first-order chi connectivity index (χ1) is 18.7. The number of nitrogens with one attached hydrogen (secondary N) is 4. The van der Waals surface area contributed by atoms with Crippen molar-refractivity contribution in [1.29, 1.82) is 0 Å². The van der Waals surface area contributed by atoms with Crippen LogP contribution in [0.4, 0.5) is 0 Å². The van der Waals surface area contributed by atoms with Gasteiger partial charge in [-0.25, -0.2) is 15.0 Å². The van der Waals surface area contributed by atoms with Gasteiger partial charge in [-0.15, -0.1) is 0 Å². The van der Waals surface area contributed by atoms with Gasteiger partial charge in [-0.3, -0.25) is 0 Å². The second kappa shape index (κ2) is 7.85. The normalized spacial score (nSPS) is 28.9. The van der Waals surface area contributed by atoms with Crippen LogP contribution in [0.3, 0.4) is 0 Å². The molecule has 4 fully saturated rings.